The van der Waals surface area contributed by atoms with E-state index in [9.17, 15) is 4.79 Å². The average Bonchev–Trinajstić information content (AvgIpc) is 2.77. The number of hydrogen-bond acceptors (Lipinski definition) is 2. The van der Waals surface area contributed by atoms with Gasteiger partial charge in [-0.15, -0.1) is 0 Å². The summed E-state index contributed by atoms with van der Waals surface area (Å²) in [6, 6.07) is 6.64. The minimum atomic E-state index is 0.126. The minimum Gasteiger partial charge on any atom is -0.352 e. The smallest absolute Gasteiger partial charge is 0.220 e. The minimum absolute atomic E-state index is 0.126. The fraction of sp³-hybridized carbons (Fsp3) is 0.529. The van der Waals surface area contributed by atoms with E-state index in [0.29, 0.717) is 19.0 Å². The van der Waals surface area contributed by atoms with Crippen LogP contribution in [0, 0.1) is 6.92 Å². The van der Waals surface area contributed by atoms with Gasteiger partial charge in [0.25, 0.3) is 0 Å². The van der Waals surface area contributed by atoms with Gasteiger partial charge in [0.15, 0.2) is 0 Å². The van der Waals surface area contributed by atoms with Crippen molar-refractivity contribution < 1.29 is 4.79 Å². The molecule has 4 heteroatoms. The zero-order valence-electron chi connectivity index (χ0n) is 13.4. The normalized spacial score (nSPS) is 11.3. The van der Waals surface area contributed by atoms with Crippen LogP contribution in [0.2, 0.25) is 0 Å². The Labute approximate surface area is 126 Å². The largest absolute Gasteiger partial charge is 0.352 e. The highest BCUT2D eigenvalue weighted by atomic mass is 16.1. The number of amides is 1. The lowest BCUT2D eigenvalue weighted by Crippen LogP contribution is -2.22. The monoisotopic (exact) mass is 287 g/mol. The number of aryl methyl sites for hydroxylation is 1. The van der Waals surface area contributed by atoms with Crippen LogP contribution in [-0.4, -0.2) is 15.5 Å². The Balaban J connectivity index is 2.11. The highest BCUT2D eigenvalue weighted by Gasteiger charge is 2.10. The first-order valence-corrected chi connectivity index (χ1v) is 7.77. The molecule has 1 heterocycles. The number of aromatic nitrogens is 2. The summed E-state index contributed by atoms with van der Waals surface area (Å²) in [6.07, 6.45) is 2.61. The Bertz CT molecular complexity index is 628. The van der Waals surface area contributed by atoms with Crippen LogP contribution < -0.4 is 5.32 Å². The van der Waals surface area contributed by atoms with Crippen molar-refractivity contribution >= 4 is 16.9 Å². The summed E-state index contributed by atoms with van der Waals surface area (Å²) in [5.74, 6) is 1.16. The van der Waals surface area contributed by atoms with Crippen molar-refractivity contribution in [3.05, 3.63) is 29.6 Å². The lowest BCUT2D eigenvalue weighted by molar-refractivity contribution is -0.121. The number of carbonyl (C=O) groups excluding carboxylic acids is 1. The van der Waals surface area contributed by atoms with E-state index in [1.54, 1.807) is 0 Å². The first-order chi connectivity index (χ1) is 10.0. The van der Waals surface area contributed by atoms with Gasteiger partial charge in [-0.3, -0.25) is 4.79 Å². The lowest BCUT2D eigenvalue weighted by atomic mass is 10.2. The van der Waals surface area contributed by atoms with Gasteiger partial charge in [-0.2, -0.15) is 0 Å². The van der Waals surface area contributed by atoms with Crippen LogP contribution in [0.3, 0.4) is 0 Å². The number of carbonyl (C=O) groups is 1. The van der Waals surface area contributed by atoms with Gasteiger partial charge in [0.2, 0.25) is 5.91 Å². The number of rotatable bonds is 6. The molecule has 0 saturated carbocycles. The molecule has 0 bridgehead atoms. The van der Waals surface area contributed by atoms with E-state index in [1.165, 1.54) is 0 Å². The van der Waals surface area contributed by atoms with Gasteiger partial charge in [0, 0.05) is 19.0 Å². The SMILES string of the molecule is CCCCC(=O)NCc1ccc2c(c1)nc(C)n2C(C)C. The van der Waals surface area contributed by atoms with E-state index in [1.807, 2.05) is 6.92 Å². The third kappa shape index (κ3) is 3.63. The van der Waals surface area contributed by atoms with Gasteiger partial charge in [-0.1, -0.05) is 19.4 Å². The van der Waals surface area contributed by atoms with Crippen molar-refractivity contribution in [3.8, 4) is 0 Å². The third-order valence-corrected chi connectivity index (χ3v) is 3.69. The van der Waals surface area contributed by atoms with E-state index >= 15 is 0 Å². The molecule has 0 spiro atoms. The predicted molar refractivity (Wildman–Crippen MR) is 86.2 cm³/mol. The molecule has 0 aliphatic rings. The van der Waals surface area contributed by atoms with Crippen molar-refractivity contribution in [1.29, 1.82) is 0 Å². The van der Waals surface area contributed by atoms with Crippen LogP contribution in [0.4, 0.5) is 0 Å². The summed E-state index contributed by atoms with van der Waals surface area (Å²) in [5, 5.41) is 2.97. The average molecular weight is 287 g/mol. The maximum Gasteiger partial charge on any atom is 0.220 e. The molecule has 1 aromatic heterocycles. The second-order valence-corrected chi connectivity index (χ2v) is 5.83. The second-order valence-electron chi connectivity index (χ2n) is 5.83. The summed E-state index contributed by atoms with van der Waals surface area (Å²) in [4.78, 5) is 16.3. The molecule has 0 aliphatic heterocycles. The Morgan fingerprint density at radius 1 is 1.38 bits per heavy atom. The van der Waals surface area contributed by atoms with Gasteiger partial charge >= 0.3 is 0 Å². The number of nitrogens with zero attached hydrogens (tertiary/aromatic N) is 2. The van der Waals surface area contributed by atoms with Crippen LogP contribution in [0.5, 0.6) is 0 Å². The van der Waals surface area contributed by atoms with Gasteiger partial charge in [-0.05, 0) is 44.9 Å². The van der Waals surface area contributed by atoms with E-state index in [-0.39, 0.29) is 5.91 Å². The van der Waals surface area contributed by atoms with Crippen LogP contribution >= 0.6 is 0 Å². The molecule has 0 aliphatic carbocycles. The van der Waals surface area contributed by atoms with Crippen LogP contribution in [0.15, 0.2) is 18.2 Å². The van der Waals surface area contributed by atoms with Crippen molar-refractivity contribution in [2.75, 3.05) is 0 Å². The van der Waals surface area contributed by atoms with Crippen molar-refractivity contribution in [2.45, 2.75) is 59.5 Å². The van der Waals surface area contributed by atoms with Crippen molar-refractivity contribution in [3.63, 3.8) is 0 Å². The highest BCUT2D eigenvalue weighted by Crippen LogP contribution is 2.21. The molecule has 0 atom stereocenters. The lowest BCUT2D eigenvalue weighted by Gasteiger charge is -2.11. The summed E-state index contributed by atoms with van der Waals surface area (Å²) in [5.41, 5.74) is 3.26. The number of imidazole rings is 1. The van der Waals surface area contributed by atoms with E-state index in [2.05, 4.69) is 53.8 Å². The Kier molecular flexibility index (Phi) is 4.99. The molecular weight excluding hydrogens is 262 g/mol. The Morgan fingerprint density at radius 3 is 2.81 bits per heavy atom. The molecule has 0 fully saturated rings. The number of unbranched alkanes of at least 4 members (excludes halogenated alkanes) is 1. The first kappa shape index (κ1) is 15.5. The van der Waals surface area contributed by atoms with E-state index < -0.39 is 0 Å². The van der Waals surface area contributed by atoms with Crippen LogP contribution in [0.1, 0.15) is 57.5 Å². The third-order valence-electron chi connectivity index (χ3n) is 3.69. The van der Waals surface area contributed by atoms with Crippen LogP contribution in [0.25, 0.3) is 11.0 Å². The van der Waals surface area contributed by atoms with Gasteiger partial charge in [0.1, 0.15) is 5.82 Å². The molecule has 114 valence electrons. The molecule has 1 aromatic carbocycles. The summed E-state index contributed by atoms with van der Waals surface area (Å²) in [7, 11) is 0. The van der Waals surface area contributed by atoms with Crippen molar-refractivity contribution in [1.82, 2.24) is 14.9 Å². The first-order valence-electron chi connectivity index (χ1n) is 7.77. The van der Waals surface area contributed by atoms with E-state index in [4.69, 9.17) is 0 Å². The van der Waals surface area contributed by atoms with Gasteiger partial charge < -0.3 is 9.88 Å². The molecule has 21 heavy (non-hydrogen) atoms. The quantitative estimate of drug-likeness (QED) is 0.880. The molecular formula is C17H25N3O. The number of hydrogen-bond donors (Lipinski definition) is 1. The number of fused-ring (bicyclic) bond motifs is 1. The molecule has 1 amide bonds. The molecule has 0 unspecified atom stereocenters. The summed E-state index contributed by atoms with van der Waals surface area (Å²) in [6.45, 7) is 9.03. The summed E-state index contributed by atoms with van der Waals surface area (Å²) < 4.78 is 2.24. The highest BCUT2D eigenvalue weighted by molar-refractivity contribution is 5.78. The maximum absolute atomic E-state index is 11.7. The molecule has 0 saturated heterocycles. The molecule has 1 N–H and O–H groups in total. The Morgan fingerprint density at radius 2 is 2.14 bits per heavy atom. The Hall–Kier alpha value is -1.84. The zero-order valence-corrected chi connectivity index (χ0v) is 13.4. The van der Waals surface area contributed by atoms with Crippen LogP contribution in [-0.2, 0) is 11.3 Å². The molecule has 2 rings (SSSR count). The zero-order chi connectivity index (χ0) is 15.4. The van der Waals surface area contributed by atoms with Gasteiger partial charge in [-0.25, -0.2) is 4.98 Å². The molecule has 2 aromatic rings. The summed E-state index contributed by atoms with van der Waals surface area (Å²) >= 11 is 0. The maximum atomic E-state index is 11.7. The topological polar surface area (TPSA) is 46.9 Å². The fourth-order valence-corrected chi connectivity index (χ4v) is 2.65. The van der Waals surface area contributed by atoms with E-state index in [0.717, 1.165) is 35.3 Å². The molecule has 4 nitrogen and oxygen atoms in total. The number of nitrogens with one attached hydrogen (secondary N) is 1. The fourth-order valence-electron chi connectivity index (χ4n) is 2.65. The van der Waals surface area contributed by atoms with Gasteiger partial charge in [0.05, 0.1) is 11.0 Å². The molecule has 0 radical (unpaired) electrons. The number of benzene rings is 1. The predicted octanol–water partition coefficient (Wildman–Crippen LogP) is 3.73. The second kappa shape index (κ2) is 6.74. The van der Waals surface area contributed by atoms with Crippen molar-refractivity contribution in [2.24, 2.45) is 0 Å². The standard InChI is InChI=1S/C17H25N3O/c1-5-6-7-17(21)18-11-14-8-9-16-15(10-14)19-13(4)20(16)12(2)3/h8-10,12H,5-7,11H2,1-4H3,(H,18,21).